The fourth-order valence-electron chi connectivity index (χ4n) is 4.10. The molecule has 0 radical (unpaired) electrons. The molecule has 0 bridgehead atoms. The molecule has 0 aromatic heterocycles. The number of amides is 1. The number of nitrogens with zero attached hydrogens (tertiary/aromatic N) is 2. The minimum absolute atomic E-state index is 0. The van der Waals surface area contributed by atoms with Gasteiger partial charge >= 0.3 is 0 Å². The monoisotopic (exact) mass is 451 g/mol. The number of carbonyl (C=O) groups excluding carboxylic acids is 1. The van der Waals surface area contributed by atoms with Crippen molar-refractivity contribution in [2.45, 2.75) is 30.8 Å². The number of benzene rings is 2. The van der Waals surface area contributed by atoms with E-state index in [1.165, 1.54) is 5.56 Å². The van der Waals surface area contributed by atoms with Crippen LogP contribution in [0.2, 0.25) is 0 Å². The van der Waals surface area contributed by atoms with Gasteiger partial charge in [-0.15, -0.1) is 24.8 Å². The zero-order chi connectivity index (χ0) is 19.4. The van der Waals surface area contributed by atoms with E-state index in [-0.39, 0.29) is 36.8 Å². The molecule has 1 saturated heterocycles. The summed E-state index contributed by atoms with van der Waals surface area (Å²) < 4.78 is 6.09. The molecule has 1 heterocycles. The van der Waals surface area contributed by atoms with Gasteiger partial charge in [0.15, 0.2) is 0 Å². The highest BCUT2D eigenvalue weighted by atomic mass is 35.5. The Morgan fingerprint density at radius 3 is 2.03 bits per heavy atom. The van der Waals surface area contributed by atoms with Gasteiger partial charge in [0.2, 0.25) is 5.91 Å². The Balaban J connectivity index is 0.00000160. The van der Waals surface area contributed by atoms with Crippen LogP contribution in [0.1, 0.15) is 30.9 Å². The molecule has 2 aliphatic rings. The minimum atomic E-state index is -0.600. The number of hydrogen-bond donors (Lipinski definition) is 1. The van der Waals surface area contributed by atoms with Gasteiger partial charge in [-0.25, -0.2) is 0 Å². The van der Waals surface area contributed by atoms with E-state index in [1.807, 2.05) is 41.3 Å². The molecule has 1 atom stereocenters. The van der Waals surface area contributed by atoms with Crippen LogP contribution < -0.4 is 10.5 Å². The van der Waals surface area contributed by atoms with E-state index in [9.17, 15) is 4.79 Å². The summed E-state index contributed by atoms with van der Waals surface area (Å²) >= 11 is 0. The van der Waals surface area contributed by atoms with Gasteiger partial charge < -0.3 is 15.4 Å². The van der Waals surface area contributed by atoms with Crippen molar-refractivity contribution in [1.29, 1.82) is 0 Å². The Morgan fingerprint density at radius 1 is 0.933 bits per heavy atom. The Hall–Kier alpha value is -1.79. The molecule has 1 aliphatic heterocycles. The van der Waals surface area contributed by atoms with Gasteiger partial charge in [0.1, 0.15) is 12.4 Å². The number of hydrogen-bond acceptors (Lipinski definition) is 4. The molecule has 2 N–H and O–H groups in total. The highest BCUT2D eigenvalue weighted by Gasteiger charge is 2.43. The number of nitrogens with two attached hydrogens (primary N) is 1. The maximum Gasteiger partial charge on any atom is 0.242 e. The molecule has 7 heteroatoms. The second kappa shape index (κ2) is 11.0. The second-order valence-electron chi connectivity index (χ2n) is 7.89. The van der Waals surface area contributed by atoms with Gasteiger partial charge in [-0.1, -0.05) is 48.5 Å². The van der Waals surface area contributed by atoms with Crippen molar-refractivity contribution in [3.63, 3.8) is 0 Å². The van der Waals surface area contributed by atoms with Crippen LogP contribution in [-0.4, -0.2) is 54.0 Å². The third-order valence-electron chi connectivity index (χ3n) is 6.05. The number of rotatable bonds is 6. The fourth-order valence-corrected chi connectivity index (χ4v) is 4.10. The van der Waals surface area contributed by atoms with Crippen LogP contribution in [-0.2, 0) is 4.79 Å². The van der Waals surface area contributed by atoms with E-state index in [4.69, 9.17) is 10.5 Å². The summed E-state index contributed by atoms with van der Waals surface area (Å²) in [7, 11) is 0. The summed E-state index contributed by atoms with van der Waals surface area (Å²) in [5, 5.41) is 0. The van der Waals surface area contributed by atoms with Gasteiger partial charge in [-0.2, -0.15) is 0 Å². The van der Waals surface area contributed by atoms with Crippen LogP contribution in [0.4, 0.5) is 0 Å². The van der Waals surface area contributed by atoms with Crippen LogP contribution in [0.5, 0.6) is 5.75 Å². The zero-order valence-electron chi connectivity index (χ0n) is 17.1. The summed E-state index contributed by atoms with van der Waals surface area (Å²) in [5.74, 6) is 1.02. The maximum absolute atomic E-state index is 12.7. The van der Waals surface area contributed by atoms with E-state index >= 15 is 0 Å². The number of carbonyl (C=O) groups is 1. The first-order valence-electron chi connectivity index (χ1n) is 10.2. The summed E-state index contributed by atoms with van der Waals surface area (Å²) in [6, 6.07) is 20.6. The predicted octanol–water partition coefficient (Wildman–Crippen LogP) is 3.68. The lowest BCUT2D eigenvalue weighted by atomic mass is 9.76. The first-order chi connectivity index (χ1) is 13.7. The summed E-state index contributed by atoms with van der Waals surface area (Å²) in [4.78, 5) is 17.1. The lowest BCUT2D eigenvalue weighted by Gasteiger charge is -2.44. The molecular weight excluding hydrogens is 421 g/mol. The number of para-hydroxylation sites is 1. The molecule has 1 aliphatic carbocycles. The van der Waals surface area contributed by atoms with E-state index in [0.29, 0.717) is 6.61 Å². The van der Waals surface area contributed by atoms with Gasteiger partial charge in [-0.3, -0.25) is 9.69 Å². The average Bonchev–Trinajstić information content (AvgIpc) is 2.74. The van der Waals surface area contributed by atoms with E-state index in [1.54, 1.807) is 0 Å². The first kappa shape index (κ1) is 24.5. The SMILES string of the molecule is Cl.Cl.NC1(C(=O)N2CCN(C(COc3ccccc3)c3ccccc3)CC2)CCC1. The fraction of sp³-hybridized carbons (Fsp3) is 0.435. The van der Waals surface area contributed by atoms with Crippen molar-refractivity contribution in [3.05, 3.63) is 66.2 Å². The lowest BCUT2D eigenvalue weighted by molar-refractivity contribution is -0.142. The largest absolute Gasteiger partial charge is 0.492 e. The van der Waals surface area contributed by atoms with Gasteiger partial charge in [0.25, 0.3) is 0 Å². The zero-order valence-corrected chi connectivity index (χ0v) is 18.7. The highest BCUT2D eigenvalue weighted by Crippen LogP contribution is 2.32. The third kappa shape index (κ3) is 5.46. The topological polar surface area (TPSA) is 58.8 Å². The first-order valence-corrected chi connectivity index (χ1v) is 10.2. The van der Waals surface area contributed by atoms with Crippen molar-refractivity contribution in [3.8, 4) is 5.75 Å². The molecule has 5 nitrogen and oxygen atoms in total. The lowest BCUT2D eigenvalue weighted by Crippen LogP contribution is -2.62. The molecule has 2 aromatic carbocycles. The van der Waals surface area contributed by atoms with Gasteiger partial charge in [0.05, 0.1) is 11.6 Å². The van der Waals surface area contributed by atoms with Gasteiger partial charge in [-0.05, 0) is 37.0 Å². The Kier molecular flexibility index (Phi) is 8.98. The van der Waals surface area contributed by atoms with E-state index in [2.05, 4.69) is 29.2 Å². The number of ether oxygens (including phenoxy) is 1. The van der Waals surface area contributed by atoms with Crippen molar-refractivity contribution in [2.75, 3.05) is 32.8 Å². The molecule has 1 amide bonds. The predicted molar refractivity (Wildman–Crippen MR) is 125 cm³/mol. The minimum Gasteiger partial charge on any atom is -0.492 e. The molecular formula is C23H31Cl2N3O2. The van der Waals surface area contributed by atoms with Crippen molar-refractivity contribution in [2.24, 2.45) is 5.73 Å². The van der Waals surface area contributed by atoms with Gasteiger partial charge in [0, 0.05) is 26.2 Å². The van der Waals surface area contributed by atoms with Crippen LogP contribution in [0.15, 0.2) is 60.7 Å². The quantitative estimate of drug-likeness (QED) is 0.727. The highest BCUT2D eigenvalue weighted by molar-refractivity contribution is 5.87. The summed E-state index contributed by atoms with van der Waals surface area (Å²) in [6.45, 7) is 3.71. The summed E-state index contributed by atoms with van der Waals surface area (Å²) in [6.07, 6.45) is 2.71. The molecule has 2 fully saturated rings. The number of halogens is 2. The second-order valence-corrected chi connectivity index (χ2v) is 7.89. The summed E-state index contributed by atoms with van der Waals surface area (Å²) in [5.41, 5.74) is 6.89. The average molecular weight is 452 g/mol. The Bertz CT molecular complexity index is 780. The smallest absolute Gasteiger partial charge is 0.242 e. The Labute approximate surface area is 191 Å². The van der Waals surface area contributed by atoms with Crippen LogP contribution in [0.25, 0.3) is 0 Å². The maximum atomic E-state index is 12.7. The van der Waals surface area contributed by atoms with Crippen LogP contribution >= 0.6 is 24.8 Å². The van der Waals surface area contributed by atoms with E-state index < -0.39 is 5.54 Å². The van der Waals surface area contributed by atoms with Crippen molar-refractivity contribution >= 4 is 30.7 Å². The standard InChI is InChI=1S/C23H29N3O2.2ClH/c24-23(12-7-13-23)22(27)26-16-14-25(15-17-26)21(19-8-3-1-4-9-19)18-28-20-10-5-2-6-11-20;;/h1-6,8-11,21H,7,12-18,24H2;2*1H. The molecule has 4 rings (SSSR count). The van der Waals surface area contributed by atoms with Crippen LogP contribution in [0.3, 0.4) is 0 Å². The molecule has 30 heavy (non-hydrogen) atoms. The normalized spacial score (nSPS) is 18.9. The molecule has 1 saturated carbocycles. The third-order valence-corrected chi connectivity index (χ3v) is 6.05. The molecule has 1 unspecified atom stereocenters. The van der Waals surface area contributed by atoms with E-state index in [0.717, 1.165) is 51.2 Å². The molecule has 0 spiro atoms. The van der Waals surface area contributed by atoms with Crippen molar-refractivity contribution in [1.82, 2.24) is 9.80 Å². The molecule has 164 valence electrons. The number of piperazine rings is 1. The van der Waals surface area contributed by atoms with Crippen molar-refractivity contribution < 1.29 is 9.53 Å². The van der Waals surface area contributed by atoms with Crippen LogP contribution in [0, 0.1) is 0 Å². The Morgan fingerprint density at radius 2 is 1.50 bits per heavy atom. The molecule has 2 aromatic rings.